The van der Waals surface area contributed by atoms with Crippen LogP contribution in [0.2, 0.25) is 0 Å². The number of halogens is 3. The number of nitrogens with one attached hydrogen (secondary N) is 1. The van der Waals surface area contributed by atoms with Crippen molar-refractivity contribution in [3.8, 4) is 21.8 Å². The lowest BCUT2D eigenvalue weighted by Crippen LogP contribution is -2.34. The van der Waals surface area contributed by atoms with Crippen molar-refractivity contribution in [1.82, 2.24) is 19.9 Å². The monoisotopic (exact) mass is 603 g/mol. The van der Waals surface area contributed by atoms with E-state index in [9.17, 15) is 13.0 Å². The molecule has 2 aromatic carbocycles. The summed E-state index contributed by atoms with van der Waals surface area (Å²) in [5, 5.41) is 0.819. The van der Waals surface area contributed by atoms with Crippen molar-refractivity contribution in [1.29, 1.82) is 0 Å². The molecule has 1 N–H and O–H groups in total. The van der Waals surface area contributed by atoms with E-state index in [1.54, 1.807) is 24.4 Å². The summed E-state index contributed by atoms with van der Waals surface area (Å²) in [7, 11) is -2.23. The molecule has 1 aliphatic heterocycles. The van der Waals surface area contributed by atoms with Crippen LogP contribution < -0.4 is 4.72 Å². The van der Waals surface area contributed by atoms with Crippen LogP contribution in [-0.2, 0) is 17.4 Å². The standard InChI is InChI=1S/C28H28F3N5OS3/c1-17(2)28-34-26(27(39-28)22-8-10-32-24(33-22)9-11-36-12-14-38-15-13-36)19-4-3-5-21(25(19)31)35-40(37)23-16-18(29)6-7-20(23)30/h3-8,10,16-17,35H,9,11-15H2,1-2H3. The topological polar surface area (TPSA) is 71.0 Å². The van der Waals surface area contributed by atoms with Crippen molar-refractivity contribution in [3.05, 3.63) is 76.9 Å². The fraction of sp³-hybridized carbons (Fsp3) is 0.321. The SMILES string of the molecule is CC(C)c1nc(-c2cccc(NS(=O)c3cc(F)ccc3F)c2F)c(-c2ccnc(CCN3CCSCC3)n2)s1. The van der Waals surface area contributed by atoms with Crippen molar-refractivity contribution in [2.24, 2.45) is 0 Å². The van der Waals surface area contributed by atoms with Crippen molar-refractivity contribution in [3.63, 3.8) is 0 Å². The second-order valence-electron chi connectivity index (χ2n) is 9.56. The molecule has 0 radical (unpaired) electrons. The van der Waals surface area contributed by atoms with Crippen LogP contribution in [0.3, 0.4) is 0 Å². The molecule has 4 aromatic rings. The Morgan fingerprint density at radius 3 is 2.65 bits per heavy atom. The van der Waals surface area contributed by atoms with E-state index in [4.69, 9.17) is 9.97 Å². The minimum Gasteiger partial charge on any atom is -0.301 e. The van der Waals surface area contributed by atoms with Gasteiger partial charge in [-0.15, -0.1) is 11.3 Å². The zero-order chi connectivity index (χ0) is 28.2. The van der Waals surface area contributed by atoms with Gasteiger partial charge in [-0.2, -0.15) is 11.8 Å². The Bertz CT molecular complexity index is 1530. The number of benzene rings is 2. The van der Waals surface area contributed by atoms with Crippen LogP contribution in [0.15, 0.2) is 53.6 Å². The average Bonchev–Trinajstić information content (AvgIpc) is 3.41. The van der Waals surface area contributed by atoms with Gasteiger partial charge in [0, 0.05) is 55.2 Å². The molecule has 2 aromatic heterocycles. The normalized spacial score (nSPS) is 14.9. The largest absolute Gasteiger partial charge is 0.301 e. The van der Waals surface area contributed by atoms with Crippen molar-refractivity contribution in [2.75, 3.05) is 35.9 Å². The minimum atomic E-state index is -2.23. The molecule has 12 heteroatoms. The zero-order valence-corrected chi connectivity index (χ0v) is 24.4. The van der Waals surface area contributed by atoms with Gasteiger partial charge in [-0.25, -0.2) is 32.3 Å². The molecule has 0 spiro atoms. The maximum atomic E-state index is 15.9. The maximum Gasteiger partial charge on any atom is 0.156 e. The molecule has 1 aliphatic rings. The van der Waals surface area contributed by atoms with Crippen LogP contribution in [0.1, 0.15) is 30.6 Å². The first kappa shape index (κ1) is 28.7. The summed E-state index contributed by atoms with van der Waals surface area (Å²) in [5.74, 6) is 0.778. The Morgan fingerprint density at radius 2 is 1.88 bits per heavy atom. The number of rotatable bonds is 9. The summed E-state index contributed by atoms with van der Waals surface area (Å²) in [6, 6.07) is 9.01. The fourth-order valence-corrected chi connectivity index (χ4v) is 7.20. The number of nitrogens with zero attached hydrogens (tertiary/aromatic N) is 4. The van der Waals surface area contributed by atoms with E-state index in [1.165, 1.54) is 17.4 Å². The van der Waals surface area contributed by atoms with E-state index in [0.29, 0.717) is 28.5 Å². The van der Waals surface area contributed by atoms with Gasteiger partial charge in [0.2, 0.25) is 0 Å². The second-order valence-corrected chi connectivity index (χ2v) is 13.0. The van der Waals surface area contributed by atoms with E-state index in [0.717, 1.165) is 54.3 Å². The molecule has 1 atom stereocenters. The third-order valence-electron chi connectivity index (χ3n) is 6.38. The smallest absolute Gasteiger partial charge is 0.156 e. The lowest BCUT2D eigenvalue weighted by Gasteiger charge is -2.25. The highest BCUT2D eigenvalue weighted by Crippen LogP contribution is 2.40. The second kappa shape index (κ2) is 12.8. The number of thiazole rings is 1. The van der Waals surface area contributed by atoms with E-state index in [2.05, 4.69) is 14.6 Å². The van der Waals surface area contributed by atoms with Crippen LogP contribution in [0.25, 0.3) is 21.8 Å². The van der Waals surface area contributed by atoms with E-state index < -0.39 is 33.3 Å². The maximum absolute atomic E-state index is 15.9. The highest BCUT2D eigenvalue weighted by molar-refractivity contribution is 7.99. The molecule has 3 heterocycles. The zero-order valence-electron chi connectivity index (χ0n) is 22.0. The first-order valence-electron chi connectivity index (χ1n) is 12.9. The summed E-state index contributed by atoms with van der Waals surface area (Å²) in [6.45, 7) is 7.02. The first-order chi connectivity index (χ1) is 19.3. The predicted molar refractivity (Wildman–Crippen MR) is 156 cm³/mol. The van der Waals surface area contributed by atoms with Crippen LogP contribution in [0, 0.1) is 17.5 Å². The van der Waals surface area contributed by atoms with E-state index in [-0.39, 0.29) is 17.2 Å². The third kappa shape index (κ3) is 6.56. The molecule has 0 amide bonds. The van der Waals surface area contributed by atoms with Gasteiger partial charge in [-0.05, 0) is 36.4 Å². The van der Waals surface area contributed by atoms with Crippen molar-refractivity contribution in [2.45, 2.75) is 31.1 Å². The highest BCUT2D eigenvalue weighted by atomic mass is 32.2. The molecule has 0 bridgehead atoms. The summed E-state index contributed by atoms with van der Waals surface area (Å²) < 4.78 is 58.9. The molecule has 5 rings (SSSR count). The lowest BCUT2D eigenvalue weighted by molar-refractivity contribution is 0.304. The fourth-order valence-electron chi connectivity index (χ4n) is 4.24. The van der Waals surface area contributed by atoms with Gasteiger partial charge >= 0.3 is 0 Å². The van der Waals surface area contributed by atoms with Crippen LogP contribution in [0.5, 0.6) is 0 Å². The number of thioether (sulfide) groups is 1. The van der Waals surface area contributed by atoms with E-state index in [1.807, 2.05) is 25.6 Å². The van der Waals surface area contributed by atoms with E-state index >= 15 is 4.39 Å². The summed E-state index contributed by atoms with van der Waals surface area (Å²) in [5.41, 5.74) is 1.13. The number of hydrogen-bond donors (Lipinski definition) is 1. The molecule has 1 saturated heterocycles. The quantitative estimate of drug-likeness (QED) is 0.235. The number of hydrogen-bond acceptors (Lipinski definition) is 7. The molecule has 6 nitrogen and oxygen atoms in total. The molecule has 40 heavy (non-hydrogen) atoms. The first-order valence-corrected chi connectivity index (χ1v) is 16.0. The predicted octanol–water partition coefficient (Wildman–Crippen LogP) is 6.53. The lowest BCUT2D eigenvalue weighted by atomic mass is 10.1. The Balaban J connectivity index is 1.46. The molecule has 210 valence electrons. The van der Waals surface area contributed by atoms with Gasteiger partial charge in [-0.3, -0.25) is 4.72 Å². The molecule has 0 saturated carbocycles. The molecular formula is C28H28F3N5OS3. The summed E-state index contributed by atoms with van der Waals surface area (Å²) in [4.78, 5) is 16.7. The molecule has 1 fully saturated rings. The molecular weight excluding hydrogens is 576 g/mol. The van der Waals surface area contributed by atoms with Crippen LogP contribution in [0.4, 0.5) is 18.9 Å². The van der Waals surface area contributed by atoms with Crippen LogP contribution >= 0.6 is 23.1 Å². The Morgan fingerprint density at radius 1 is 1.07 bits per heavy atom. The summed E-state index contributed by atoms with van der Waals surface area (Å²) in [6.07, 6.45) is 2.42. The van der Waals surface area contributed by atoms with Crippen LogP contribution in [-0.4, -0.2) is 55.2 Å². The Hall–Kier alpha value is -2.80. The van der Waals surface area contributed by atoms with Crippen molar-refractivity contribution < 1.29 is 17.4 Å². The van der Waals surface area contributed by atoms with Crippen molar-refractivity contribution >= 4 is 39.8 Å². The number of aromatic nitrogens is 3. The van der Waals surface area contributed by atoms with Gasteiger partial charge in [-0.1, -0.05) is 19.9 Å². The van der Waals surface area contributed by atoms with Gasteiger partial charge < -0.3 is 4.90 Å². The van der Waals surface area contributed by atoms with Gasteiger partial charge in [0.25, 0.3) is 0 Å². The van der Waals surface area contributed by atoms with Gasteiger partial charge in [0.15, 0.2) is 16.8 Å². The third-order valence-corrected chi connectivity index (χ3v) is 9.82. The van der Waals surface area contributed by atoms with Gasteiger partial charge in [0.1, 0.15) is 17.5 Å². The molecule has 0 aliphatic carbocycles. The Labute approximate surface area is 242 Å². The highest BCUT2D eigenvalue weighted by Gasteiger charge is 2.23. The average molecular weight is 604 g/mol. The summed E-state index contributed by atoms with van der Waals surface area (Å²) >= 11 is 3.41. The van der Waals surface area contributed by atoms with Gasteiger partial charge in [0.05, 0.1) is 31.9 Å². The minimum absolute atomic E-state index is 0.101. The molecule has 1 unspecified atom stereocenters. The number of anilines is 1. The Kier molecular flexibility index (Phi) is 9.19.